The Kier molecular flexibility index (Phi) is 7.39. The number of nitrogens with one attached hydrogen (secondary N) is 2. The van der Waals surface area contributed by atoms with E-state index in [0.29, 0.717) is 17.8 Å². The lowest BCUT2D eigenvalue weighted by atomic mass is 9.99. The van der Waals surface area contributed by atoms with Crippen molar-refractivity contribution in [2.24, 2.45) is 4.99 Å². The van der Waals surface area contributed by atoms with Crippen molar-refractivity contribution in [3.63, 3.8) is 0 Å². The van der Waals surface area contributed by atoms with Crippen LogP contribution in [-0.2, 0) is 34.4 Å². The fraction of sp³-hybridized carbons (Fsp3) is 0.227. The Morgan fingerprint density at radius 2 is 1.97 bits per heavy atom. The van der Waals surface area contributed by atoms with Gasteiger partial charge in [-0.05, 0) is 48.2 Å². The Labute approximate surface area is 186 Å². The third-order valence-corrected chi connectivity index (χ3v) is 5.18. The molecule has 1 heterocycles. The quantitative estimate of drug-likeness (QED) is 0.288. The summed E-state index contributed by atoms with van der Waals surface area (Å²) < 4.78 is 32.8. The first kappa shape index (κ1) is 23.2. The highest BCUT2D eigenvalue weighted by Crippen LogP contribution is 2.20. The van der Waals surface area contributed by atoms with E-state index >= 15 is 0 Å². The SMILES string of the molecule is CCc1c[nH]c(C(/C=N/C(=O)Cc2cccc(O)c2)Cc2ccc(NS(=O)(=O)O)cc2)n1. The van der Waals surface area contributed by atoms with Crippen molar-refractivity contribution in [2.75, 3.05) is 4.72 Å². The molecular formula is C22H24N4O5S. The van der Waals surface area contributed by atoms with Gasteiger partial charge in [-0.1, -0.05) is 31.2 Å². The number of aromatic amines is 1. The Hall–Kier alpha value is -3.50. The maximum absolute atomic E-state index is 12.4. The van der Waals surface area contributed by atoms with E-state index in [1.807, 2.05) is 17.8 Å². The number of phenolic OH excluding ortho intramolecular Hbond substituents is 1. The van der Waals surface area contributed by atoms with Crippen molar-refractivity contribution in [3.05, 3.63) is 77.4 Å². The number of nitrogens with zero attached hydrogens (tertiary/aromatic N) is 2. The number of aryl methyl sites for hydroxylation is 1. The minimum atomic E-state index is -4.34. The number of anilines is 1. The monoisotopic (exact) mass is 456 g/mol. The summed E-state index contributed by atoms with van der Waals surface area (Å²) in [6.45, 7) is 1.99. The molecule has 0 spiro atoms. The van der Waals surface area contributed by atoms with Crippen molar-refractivity contribution in [1.29, 1.82) is 0 Å². The molecule has 0 fully saturated rings. The zero-order valence-electron chi connectivity index (χ0n) is 17.4. The van der Waals surface area contributed by atoms with E-state index in [0.717, 1.165) is 17.7 Å². The normalized spacial score (nSPS) is 12.7. The lowest BCUT2D eigenvalue weighted by Crippen LogP contribution is -2.11. The fourth-order valence-electron chi connectivity index (χ4n) is 3.14. The molecule has 1 atom stereocenters. The highest BCUT2D eigenvalue weighted by atomic mass is 32.2. The summed E-state index contributed by atoms with van der Waals surface area (Å²) in [5.74, 6) is 0.0852. The third-order valence-electron chi connectivity index (χ3n) is 4.68. The lowest BCUT2D eigenvalue weighted by molar-refractivity contribution is -0.117. The molecule has 0 saturated heterocycles. The van der Waals surface area contributed by atoms with E-state index < -0.39 is 10.3 Å². The van der Waals surface area contributed by atoms with Crippen molar-refractivity contribution in [3.8, 4) is 5.75 Å². The Morgan fingerprint density at radius 1 is 1.22 bits per heavy atom. The molecule has 0 bridgehead atoms. The van der Waals surface area contributed by atoms with Crippen LogP contribution in [0.25, 0.3) is 0 Å². The highest BCUT2D eigenvalue weighted by Gasteiger charge is 2.15. The van der Waals surface area contributed by atoms with E-state index in [1.54, 1.807) is 30.5 Å². The van der Waals surface area contributed by atoms with E-state index in [2.05, 4.69) is 15.0 Å². The second-order valence-corrected chi connectivity index (χ2v) is 8.39. The summed E-state index contributed by atoms with van der Waals surface area (Å²) in [4.78, 5) is 24.1. The Bertz CT molecular complexity index is 1200. The van der Waals surface area contributed by atoms with Gasteiger partial charge in [0.05, 0.1) is 23.7 Å². The van der Waals surface area contributed by atoms with Gasteiger partial charge in [0.2, 0.25) is 5.91 Å². The molecule has 2 aromatic carbocycles. The van der Waals surface area contributed by atoms with Gasteiger partial charge in [0, 0.05) is 12.4 Å². The molecule has 0 saturated carbocycles. The number of aromatic hydroxyl groups is 1. The van der Waals surface area contributed by atoms with Gasteiger partial charge in [0.1, 0.15) is 11.6 Å². The number of hydrogen-bond acceptors (Lipinski definition) is 5. The summed E-state index contributed by atoms with van der Waals surface area (Å²) in [5.41, 5.74) is 2.64. The zero-order chi connectivity index (χ0) is 23.1. The van der Waals surface area contributed by atoms with Crippen LogP contribution in [0.4, 0.5) is 5.69 Å². The molecule has 0 radical (unpaired) electrons. The second kappa shape index (κ2) is 10.2. The number of H-pyrrole nitrogens is 1. The fourth-order valence-corrected chi connectivity index (χ4v) is 3.57. The van der Waals surface area contributed by atoms with Gasteiger partial charge in [-0.2, -0.15) is 8.42 Å². The van der Waals surface area contributed by atoms with Crippen LogP contribution in [-0.4, -0.2) is 40.2 Å². The van der Waals surface area contributed by atoms with Crippen LogP contribution >= 0.6 is 0 Å². The molecule has 3 aromatic rings. The molecule has 168 valence electrons. The van der Waals surface area contributed by atoms with Gasteiger partial charge >= 0.3 is 10.3 Å². The smallest absolute Gasteiger partial charge is 0.357 e. The molecule has 10 heteroatoms. The van der Waals surface area contributed by atoms with Crippen LogP contribution in [0.15, 0.2) is 59.7 Å². The largest absolute Gasteiger partial charge is 0.508 e. The van der Waals surface area contributed by atoms with Crippen molar-refractivity contribution in [1.82, 2.24) is 9.97 Å². The minimum absolute atomic E-state index is 0.0615. The molecule has 9 nitrogen and oxygen atoms in total. The number of imidazole rings is 1. The average Bonchev–Trinajstić information content (AvgIpc) is 3.20. The molecule has 32 heavy (non-hydrogen) atoms. The number of carbonyl (C=O) groups is 1. The number of aromatic nitrogens is 2. The number of rotatable bonds is 9. The number of hydrogen-bond donors (Lipinski definition) is 4. The van der Waals surface area contributed by atoms with Gasteiger partial charge in [0.15, 0.2) is 0 Å². The first-order valence-electron chi connectivity index (χ1n) is 9.95. The number of benzene rings is 2. The van der Waals surface area contributed by atoms with Crippen LogP contribution in [0.3, 0.4) is 0 Å². The molecular weight excluding hydrogens is 432 g/mol. The molecule has 0 aliphatic heterocycles. The summed E-state index contributed by atoms with van der Waals surface area (Å²) >= 11 is 0. The van der Waals surface area contributed by atoms with Crippen LogP contribution in [0.5, 0.6) is 5.75 Å². The predicted molar refractivity (Wildman–Crippen MR) is 121 cm³/mol. The minimum Gasteiger partial charge on any atom is -0.508 e. The van der Waals surface area contributed by atoms with Crippen molar-refractivity contribution >= 4 is 28.1 Å². The molecule has 4 N–H and O–H groups in total. The van der Waals surface area contributed by atoms with Crippen molar-refractivity contribution < 1.29 is 22.9 Å². The van der Waals surface area contributed by atoms with Crippen molar-refractivity contribution in [2.45, 2.75) is 32.1 Å². The van der Waals surface area contributed by atoms with E-state index in [9.17, 15) is 18.3 Å². The van der Waals surface area contributed by atoms with Gasteiger partial charge in [-0.25, -0.2) is 9.98 Å². The predicted octanol–water partition coefficient (Wildman–Crippen LogP) is 3.06. The summed E-state index contributed by atoms with van der Waals surface area (Å²) in [5, 5.41) is 9.55. The molecule has 0 aliphatic carbocycles. The number of carbonyl (C=O) groups excluding carboxylic acids is 1. The first-order valence-corrected chi connectivity index (χ1v) is 11.4. The van der Waals surface area contributed by atoms with Gasteiger partial charge in [0.25, 0.3) is 0 Å². The highest BCUT2D eigenvalue weighted by molar-refractivity contribution is 7.87. The van der Waals surface area contributed by atoms with Crippen LogP contribution in [0, 0.1) is 0 Å². The summed E-state index contributed by atoms with van der Waals surface area (Å²) in [6.07, 6.45) is 4.64. The number of aliphatic imine (C=N–C) groups is 1. The van der Waals surface area contributed by atoms with E-state index in [1.165, 1.54) is 24.3 Å². The Balaban J connectivity index is 1.76. The van der Waals surface area contributed by atoms with Crippen LogP contribution in [0.2, 0.25) is 0 Å². The lowest BCUT2D eigenvalue weighted by Gasteiger charge is -2.11. The molecule has 0 aliphatic rings. The van der Waals surface area contributed by atoms with E-state index in [-0.39, 0.29) is 29.7 Å². The maximum atomic E-state index is 12.4. The molecule has 1 unspecified atom stereocenters. The van der Waals surface area contributed by atoms with Gasteiger partial charge < -0.3 is 10.1 Å². The van der Waals surface area contributed by atoms with Gasteiger partial charge in [-0.15, -0.1) is 0 Å². The summed E-state index contributed by atoms with van der Waals surface area (Å²) in [6, 6.07) is 13.0. The molecule has 1 aromatic heterocycles. The van der Waals surface area contributed by atoms with E-state index in [4.69, 9.17) is 4.55 Å². The van der Waals surface area contributed by atoms with Gasteiger partial charge in [-0.3, -0.25) is 14.1 Å². The Morgan fingerprint density at radius 3 is 2.59 bits per heavy atom. The molecule has 3 rings (SSSR count). The first-order chi connectivity index (χ1) is 15.2. The standard InChI is InChI=1S/C22H24N4O5S/c1-2-18-14-24-22(25-18)17(10-15-6-8-19(9-7-15)26-32(29,30)31)13-23-21(28)12-16-4-3-5-20(27)11-16/h3-9,11,13-14,17,26-27H,2,10,12H2,1H3,(H,24,25)(H,29,30,31)/b23-13+. The van der Waals surface area contributed by atoms with Crippen LogP contribution in [0.1, 0.15) is 35.5 Å². The molecule has 1 amide bonds. The topological polar surface area (TPSA) is 145 Å². The third kappa shape index (κ3) is 7.03. The summed E-state index contributed by atoms with van der Waals surface area (Å²) in [7, 11) is -4.34. The number of amides is 1. The van der Waals surface area contributed by atoms with Crippen LogP contribution < -0.4 is 4.72 Å². The average molecular weight is 457 g/mol. The zero-order valence-corrected chi connectivity index (χ0v) is 18.2. The second-order valence-electron chi connectivity index (χ2n) is 7.23. The maximum Gasteiger partial charge on any atom is 0.357 e. The number of phenols is 1.